The molecule has 18 heavy (non-hydrogen) atoms. The van der Waals surface area contributed by atoms with Gasteiger partial charge in [0.05, 0.1) is 0 Å². The second-order valence-corrected chi connectivity index (χ2v) is 5.70. The SMILES string of the molecule is O=S(=O)(NCCn1cccc1)c1cccnc1Cl. The molecule has 0 aliphatic rings. The van der Waals surface area contributed by atoms with Crippen LogP contribution in [0.3, 0.4) is 0 Å². The third-order valence-corrected chi connectivity index (χ3v) is 4.25. The van der Waals surface area contributed by atoms with Crippen molar-refractivity contribution in [2.45, 2.75) is 11.4 Å². The molecule has 0 fully saturated rings. The zero-order valence-electron chi connectivity index (χ0n) is 9.45. The topological polar surface area (TPSA) is 64.0 Å². The lowest BCUT2D eigenvalue weighted by Crippen LogP contribution is -2.27. The molecule has 2 aromatic rings. The van der Waals surface area contributed by atoms with Gasteiger partial charge in [-0.3, -0.25) is 0 Å². The molecule has 5 nitrogen and oxygen atoms in total. The molecule has 0 aliphatic heterocycles. The van der Waals surface area contributed by atoms with Gasteiger partial charge in [0.1, 0.15) is 10.0 Å². The summed E-state index contributed by atoms with van der Waals surface area (Å²) in [4.78, 5) is 3.74. The molecule has 7 heteroatoms. The Morgan fingerprint density at radius 1 is 1.28 bits per heavy atom. The van der Waals surface area contributed by atoms with Crippen molar-refractivity contribution in [3.05, 3.63) is 48.0 Å². The minimum Gasteiger partial charge on any atom is -0.353 e. The van der Waals surface area contributed by atoms with Crippen molar-refractivity contribution in [3.8, 4) is 0 Å². The Labute approximate surface area is 110 Å². The highest BCUT2D eigenvalue weighted by Crippen LogP contribution is 2.17. The largest absolute Gasteiger partial charge is 0.353 e. The second kappa shape index (κ2) is 5.51. The quantitative estimate of drug-likeness (QED) is 0.847. The number of halogens is 1. The highest BCUT2D eigenvalue weighted by Gasteiger charge is 2.17. The summed E-state index contributed by atoms with van der Waals surface area (Å²) >= 11 is 5.75. The number of pyridine rings is 1. The van der Waals surface area contributed by atoms with Crippen molar-refractivity contribution in [3.63, 3.8) is 0 Å². The van der Waals surface area contributed by atoms with E-state index in [1.165, 1.54) is 18.3 Å². The Balaban J connectivity index is 2.02. The lowest BCUT2D eigenvalue weighted by Gasteiger charge is -2.08. The van der Waals surface area contributed by atoms with Gasteiger partial charge in [0.15, 0.2) is 0 Å². The summed E-state index contributed by atoms with van der Waals surface area (Å²) < 4.78 is 28.2. The van der Waals surface area contributed by atoms with E-state index < -0.39 is 10.0 Å². The van der Waals surface area contributed by atoms with Gasteiger partial charge >= 0.3 is 0 Å². The van der Waals surface area contributed by atoms with E-state index in [0.717, 1.165) is 0 Å². The molecule has 2 aromatic heterocycles. The predicted octanol–water partition coefficient (Wildman–Crippen LogP) is 1.51. The smallest absolute Gasteiger partial charge is 0.243 e. The minimum atomic E-state index is -3.60. The molecule has 0 aliphatic carbocycles. The highest BCUT2D eigenvalue weighted by atomic mass is 35.5. The molecule has 96 valence electrons. The van der Waals surface area contributed by atoms with E-state index in [9.17, 15) is 8.42 Å². The first-order chi connectivity index (χ1) is 8.59. The van der Waals surface area contributed by atoms with E-state index in [2.05, 4.69) is 9.71 Å². The summed E-state index contributed by atoms with van der Waals surface area (Å²) in [5.74, 6) is 0. The van der Waals surface area contributed by atoms with Crippen molar-refractivity contribution >= 4 is 21.6 Å². The molecule has 0 atom stereocenters. The van der Waals surface area contributed by atoms with Gasteiger partial charge in [-0.1, -0.05) is 11.6 Å². The summed E-state index contributed by atoms with van der Waals surface area (Å²) in [6.07, 6.45) is 5.18. The van der Waals surface area contributed by atoms with Crippen molar-refractivity contribution in [2.75, 3.05) is 6.54 Å². The molecule has 0 amide bonds. The van der Waals surface area contributed by atoms with Crippen LogP contribution in [0, 0.1) is 0 Å². The minimum absolute atomic E-state index is 0.000766. The van der Waals surface area contributed by atoms with E-state index >= 15 is 0 Å². The lowest BCUT2D eigenvalue weighted by molar-refractivity contribution is 0.573. The lowest BCUT2D eigenvalue weighted by atomic mass is 10.5. The molecule has 0 spiro atoms. The average molecular weight is 286 g/mol. The van der Waals surface area contributed by atoms with E-state index in [0.29, 0.717) is 13.1 Å². The predicted molar refractivity (Wildman–Crippen MR) is 68.9 cm³/mol. The van der Waals surface area contributed by atoms with Gasteiger partial charge in [0.2, 0.25) is 10.0 Å². The summed E-state index contributed by atoms with van der Waals surface area (Å²) in [5, 5.41) is -0.0223. The number of sulfonamides is 1. The maximum atomic E-state index is 11.9. The molecule has 2 heterocycles. The van der Waals surface area contributed by atoms with Gasteiger partial charge < -0.3 is 4.57 Å². The van der Waals surface area contributed by atoms with Crippen molar-refractivity contribution < 1.29 is 8.42 Å². The fraction of sp³-hybridized carbons (Fsp3) is 0.182. The zero-order valence-corrected chi connectivity index (χ0v) is 11.0. The van der Waals surface area contributed by atoms with Crippen LogP contribution >= 0.6 is 11.6 Å². The fourth-order valence-electron chi connectivity index (χ4n) is 1.48. The fourth-order valence-corrected chi connectivity index (χ4v) is 2.95. The normalized spacial score (nSPS) is 11.6. The van der Waals surface area contributed by atoms with Crippen LogP contribution in [-0.2, 0) is 16.6 Å². The van der Waals surface area contributed by atoms with E-state index in [1.54, 1.807) is 0 Å². The highest BCUT2D eigenvalue weighted by molar-refractivity contribution is 7.89. The van der Waals surface area contributed by atoms with Crippen LogP contribution in [0.15, 0.2) is 47.8 Å². The first-order valence-corrected chi connectivity index (χ1v) is 7.17. The van der Waals surface area contributed by atoms with Crippen LogP contribution < -0.4 is 4.72 Å². The van der Waals surface area contributed by atoms with E-state index in [4.69, 9.17) is 11.6 Å². The Kier molecular flexibility index (Phi) is 4.00. The number of hydrogen-bond acceptors (Lipinski definition) is 3. The Bertz CT molecular complexity index is 611. The third kappa shape index (κ3) is 3.10. The first-order valence-electron chi connectivity index (χ1n) is 5.30. The first kappa shape index (κ1) is 13.1. The molecule has 0 aromatic carbocycles. The molecule has 0 unspecified atom stereocenters. The van der Waals surface area contributed by atoms with Gasteiger partial charge in [0.25, 0.3) is 0 Å². The maximum Gasteiger partial charge on any atom is 0.243 e. The molecule has 1 N–H and O–H groups in total. The summed E-state index contributed by atoms with van der Waals surface area (Å²) in [6, 6.07) is 6.72. The van der Waals surface area contributed by atoms with Crippen molar-refractivity contribution in [1.82, 2.24) is 14.3 Å². The summed E-state index contributed by atoms with van der Waals surface area (Å²) in [5.41, 5.74) is 0. The molecular weight excluding hydrogens is 274 g/mol. The van der Waals surface area contributed by atoms with Gasteiger partial charge in [0, 0.05) is 31.7 Å². The Morgan fingerprint density at radius 2 is 2.00 bits per heavy atom. The van der Waals surface area contributed by atoms with Crippen LogP contribution in [0.4, 0.5) is 0 Å². The third-order valence-electron chi connectivity index (χ3n) is 2.34. The molecule has 0 bridgehead atoms. The van der Waals surface area contributed by atoms with Crippen LogP contribution in [-0.4, -0.2) is 24.5 Å². The number of hydrogen-bond donors (Lipinski definition) is 1. The van der Waals surface area contributed by atoms with Gasteiger partial charge in [-0.05, 0) is 24.3 Å². The monoisotopic (exact) mass is 285 g/mol. The summed E-state index contributed by atoms with van der Waals surface area (Å²) in [7, 11) is -3.60. The zero-order chi connectivity index (χ0) is 13.0. The number of nitrogens with one attached hydrogen (secondary N) is 1. The summed E-state index contributed by atoms with van der Waals surface area (Å²) in [6.45, 7) is 0.854. The molecule has 0 saturated heterocycles. The maximum absolute atomic E-state index is 11.9. The Hall–Kier alpha value is -1.37. The molecule has 0 radical (unpaired) electrons. The van der Waals surface area contributed by atoms with E-state index in [-0.39, 0.29) is 10.0 Å². The van der Waals surface area contributed by atoms with Crippen molar-refractivity contribution in [2.24, 2.45) is 0 Å². The number of nitrogens with zero attached hydrogens (tertiary/aromatic N) is 2. The Morgan fingerprint density at radius 3 is 2.67 bits per heavy atom. The van der Waals surface area contributed by atoms with Gasteiger partial charge in [-0.15, -0.1) is 0 Å². The number of aromatic nitrogens is 2. The van der Waals surface area contributed by atoms with Gasteiger partial charge in [-0.25, -0.2) is 18.1 Å². The molecule has 2 rings (SSSR count). The van der Waals surface area contributed by atoms with Crippen LogP contribution in [0.5, 0.6) is 0 Å². The molecular formula is C11H12ClN3O2S. The standard InChI is InChI=1S/C11H12ClN3O2S/c12-11-10(4-3-5-13-11)18(16,17)14-6-9-15-7-1-2-8-15/h1-5,7-8,14H,6,9H2. The van der Waals surface area contributed by atoms with E-state index in [1.807, 2.05) is 29.1 Å². The second-order valence-electron chi connectivity index (χ2n) is 3.61. The van der Waals surface area contributed by atoms with Crippen LogP contribution in [0.25, 0.3) is 0 Å². The van der Waals surface area contributed by atoms with Crippen molar-refractivity contribution in [1.29, 1.82) is 0 Å². The van der Waals surface area contributed by atoms with Gasteiger partial charge in [-0.2, -0.15) is 0 Å². The van der Waals surface area contributed by atoms with Crippen LogP contribution in [0.1, 0.15) is 0 Å². The average Bonchev–Trinajstić information content (AvgIpc) is 2.82. The number of rotatable bonds is 5. The van der Waals surface area contributed by atoms with Crippen LogP contribution in [0.2, 0.25) is 5.15 Å². The molecule has 0 saturated carbocycles.